The summed E-state index contributed by atoms with van der Waals surface area (Å²) in [6.45, 7) is 1.74. The fourth-order valence-electron chi connectivity index (χ4n) is 0.964. The van der Waals surface area contributed by atoms with Crippen LogP contribution < -0.4 is 10.9 Å². The molecule has 14 heavy (non-hydrogen) atoms. The lowest BCUT2D eigenvalue weighted by atomic mass is 10.2. The van der Waals surface area contributed by atoms with E-state index in [4.69, 9.17) is 5.11 Å². The third kappa shape index (κ3) is 2.58. The third-order valence-electron chi connectivity index (χ3n) is 1.71. The van der Waals surface area contributed by atoms with Gasteiger partial charge in [-0.05, 0) is 6.42 Å². The second-order valence-corrected chi connectivity index (χ2v) is 2.74. The Bertz CT molecular complexity index is 374. The van der Waals surface area contributed by atoms with Crippen molar-refractivity contribution in [2.75, 3.05) is 5.32 Å². The van der Waals surface area contributed by atoms with Crippen LogP contribution in [-0.2, 0) is 4.79 Å². The predicted octanol–water partition coefficient (Wildman–Crippen LogP) is 0.0450. The van der Waals surface area contributed by atoms with Crippen LogP contribution in [0.5, 0.6) is 0 Å². The highest BCUT2D eigenvalue weighted by atomic mass is 16.4. The van der Waals surface area contributed by atoms with Gasteiger partial charge in [0.15, 0.2) is 0 Å². The average Bonchev–Trinajstić information content (AvgIpc) is 2.14. The van der Waals surface area contributed by atoms with Gasteiger partial charge in [0.1, 0.15) is 11.9 Å². The summed E-state index contributed by atoms with van der Waals surface area (Å²) in [6.07, 6.45) is 1.64. The number of anilines is 1. The largest absolute Gasteiger partial charge is 0.480 e. The quantitative estimate of drug-likeness (QED) is 0.633. The average molecular weight is 197 g/mol. The first-order chi connectivity index (χ1) is 6.63. The van der Waals surface area contributed by atoms with Crippen molar-refractivity contribution < 1.29 is 9.90 Å². The standard InChI is InChI=1S/C8H11N3O3/c1-2-5(8(13)14)11-6-3-7(12)10-4-9-6/h3-5H,2H2,1H3,(H,13,14)(H2,9,10,11,12). The molecule has 6 heteroatoms. The molecule has 0 aliphatic heterocycles. The molecule has 0 amide bonds. The van der Waals surface area contributed by atoms with Crippen LogP contribution in [0.4, 0.5) is 5.82 Å². The number of aromatic amines is 1. The van der Waals surface area contributed by atoms with E-state index < -0.39 is 12.0 Å². The van der Waals surface area contributed by atoms with E-state index in [9.17, 15) is 9.59 Å². The van der Waals surface area contributed by atoms with E-state index in [1.807, 2.05) is 0 Å². The monoisotopic (exact) mass is 197 g/mol. The third-order valence-corrected chi connectivity index (χ3v) is 1.71. The highest BCUT2D eigenvalue weighted by Gasteiger charge is 2.14. The van der Waals surface area contributed by atoms with Gasteiger partial charge >= 0.3 is 5.97 Å². The van der Waals surface area contributed by atoms with Gasteiger partial charge in [0.05, 0.1) is 6.33 Å². The van der Waals surface area contributed by atoms with Crippen LogP contribution in [0.3, 0.4) is 0 Å². The van der Waals surface area contributed by atoms with Crippen molar-refractivity contribution in [2.24, 2.45) is 0 Å². The number of nitrogens with zero attached hydrogens (tertiary/aromatic N) is 1. The summed E-state index contributed by atoms with van der Waals surface area (Å²) in [5, 5.41) is 11.4. The van der Waals surface area contributed by atoms with Crippen LogP contribution in [0, 0.1) is 0 Å². The van der Waals surface area contributed by atoms with Gasteiger partial charge in [-0.25, -0.2) is 9.78 Å². The molecule has 0 radical (unpaired) electrons. The Kier molecular flexibility index (Phi) is 3.22. The Hall–Kier alpha value is -1.85. The Morgan fingerprint density at radius 3 is 3.00 bits per heavy atom. The number of rotatable bonds is 4. The van der Waals surface area contributed by atoms with E-state index in [1.54, 1.807) is 6.92 Å². The minimum atomic E-state index is -0.963. The predicted molar refractivity (Wildman–Crippen MR) is 50.2 cm³/mol. The molecular weight excluding hydrogens is 186 g/mol. The smallest absolute Gasteiger partial charge is 0.326 e. The molecule has 3 N–H and O–H groups in total. The summed E-state index contributed by atoms with van der Waals surface area (Å²) < 4.78 is 0. The molecule has 0 aromatic carbocycles. The van der Waals surface area contributed by atoms with Gasteiger partial charge in [0.2, 0.25) is 0 Å². The first-order valence-electron chi connectivity index (χ1n) is 4.17. The first kappa shape index (κ1) is 10.2. The maximum atomic E-state index is 10.8. The van der Waals surface area contributed by atoms with Crippen molar-refractivity contribution in [3.8, 4) is 0 Å². The Labute approximate surface area is 80.0 Å². The second-order valence-electron chi connectivity index (χ2n) is 2.74. The zero-order valence-corrected chi connectivity index (χ0v) is 7.65. The summed E-state index contributed by atoms with van der Waals surface area (Å²) in [5.74, 6) is -0.697. The lowest BCUT2D eigenvalue weighted by Crippen LogP contribution is -2.29. The number of carboxylic acid groups (broad SMARTS) is 1. The van der Waals surface area contributed by atoms with Gasteiger partial charge in [0.25, 0.3) is 5.56 Å². The van der Waals surface area contributed by atoms with Gasteiger partial charge in [-0.15, -0.1) is 0 Å². The molecule has 0 bridgehead atoms. The van der Waals surface area contributed by atoms with E-state index in [2.05, 4.69) is 15.3 Å². The van der Waals surface area contributed by atoms with Crippen LogP contribution in [0.25, 0.3) is 0 Å². The molecule has 0 aliphatic rings. The van der Waals surface area contributed by atoms with E-state index in [0.29, 0.717) is 6.42 Å². The number of aromatic nitrogens is 2. The van der Waals surface area contributed by atoms with Crippen molar-refractivity contribution in [3.05, 3.63) is 22.7 Å². The SMILES string of the molecule is CCC(Nc1cc(=O)[nH]cn1)C(=O)O. The van der Waals surface area contributed by atoms with Crippen LogP contribution in [-0.4, -0.2) is 27.1 Å². The van der Waals surface area contributed by atoms with Gasteiger partial charge in [-0.2, -0.15) is 0 Å². The molecule has 0 spiro atoms. The number of carbonyl (C=O) groups is 1. The summed E-state index contributed by atoms with van der Waals surface area (Å²) in [4.78, 5) is 27.6. The maximum Gasteiger partial charge on any atom is 0.326 e. The topological polar surface area (TPSA) is 95.1 Å². The molecule has 0 fully saturated rings. The lowest BCUT2D eigenvalue weighted by molar-refractivity contribution is -0.137. The van der Waals surface area contributed by atoms with Gasteiger partial charge in [0, 0.05) is 6.07 Å². The normalized spacial score (nSPS) is 12.1. The van der Waals surface area contributed by atoms with Crippen molar-refractivity contribution in [1.29, 1.82) is 0 Å². The minimum Gasteiger partial charge on any atom is -0.480 e. The van der Waals surface area contributed by atoms with Crippen LogP contribution in [0.2, 0.25) is 0 Å². The van der Waals surface area contributed by atoms with Crippen LogP contribution >= 0.6 is 0 Å². The van der Waals surface area contributed by atoms with Crippen LogP contribution in [0.1, 0.15) is 13.3 Å². The summed E-state index contributed by atoms with van der Waals surface area (Å²) >= 11 is 0. The Morgan fingerprint density at radius 2 is 2.50 bits per heavy atom. The fraction of sp³-hybridized carbons (Fsp3) is 0.375. The Morgan fingerprint density at radius 1 is 1.79 bits per heavy atom. The zero-order chi connectivity index (χ0) is 10.6. The van der Waals surface area contributed by atoms with E-state index in [1.165, 1.54) is 12.4 Å². The minimum absolute atomic E-state index is 0.267. The molecule has 1 rings (SSSR count). The molecule has 6 nitrogen and oxygen atoms in total. The van der Waals surface area contributed by atoms with Gasteiger partial charge in [-0.1, -0.05) is 6.92 Å². The number of hydrogen-bond acceptors (Lipinski definition) is 4. The van der Waals surface area contributed by atoms with Crippen molar-refractivity contribution >= 4 is 11.8 Å². The summed E-state index contributed by atoms with van der Waals surface area (Å²) in [6, 6.07) is 0.496. The number of nitrogens with one attached hydrogen (secondary N) is 2. The molecule has 1 aromatic rings. The summed E-state index contributed by atoms with van der Waals surface area (Å²) in [7, 11) is 0. The molecule has 1 heterocycles. The molecule has 76 valence electrons. The molecular formula is C8H11N3O3. The Balaban J connectivity index is 2.77. The molecule has 1 aromatic heterocycles. The second kappa shape index (κ2) is 4.40. The van der Waals surface area contributed by atoms with Crippen molar-refractivity contribution in [1.82, 2.24) is 9.97 Å². The summed E-state index contributed by atoms with van der Waals surface area (Å²) in [5.41, 5.74) is -0.317. The van der Waals surface area contributed by atoms with E-state index >= 15 is 0 Å². The van der Waals surface area contributed by atoms with E-state index in [-0.39, 0.29) is 11.4 Å². The molecule has 0 saturated heterocycles. The van der Waals surface area contributed by atoms with Crippen LogP contribution in [0.15, 0.2) is 17.2 Å². The van der Waals surface area contributed by atoms with Crippen molar-refractivity contribution in [2.45, 2.75) is 19.4 Å². The highest BCUT2D eigenvalue weighted by molar-refractivity contribution is 5.76. The lowest BCUT2D eigenvalue weighted by Gasteiger charge is -2.11. The van der Waals surface area contributed by atoms with E-state index in [0.717, 1.165) is 0 Å². The molecule has 1 unspecified atom stereocenters. The molecule has 1 atom stereocenters. The molecule has 0 saturated carbocycles. The number of carboxylic acids is 1. The first-order valence-corrected chi connectivity index (χ1v) is 4.17. The number of H-pyrrole nitrogens is 1. The molecule has 0 aliphatic carbocycles. The van der Waals surface area contributed by atoms with Crippen molar-refractivity contribution in [3.63, 3.8) is 0 Å². The highest BCUT2D eigenvalue weighted by Crippen LogP contribution is 2.02. The zero-order valence-electron chi connectivity index (χ0n) is 7.65. The maximum absolute atomic E-state index is 10.8. The van der Waals surface area contributed by atoms with Gasteiger partial charge < -0.3 is 15.4 Å². The number of hydrogen-bond donors (Lipinski definition) is 3. The fourth-order valence-corrected chi connectivity index (χ4v) is 0.964. The number of aliphatic carboxylic acids is 1. The van der Waals surface area contributed by atoms with Gasteiger partial charge in [-0.3, -0.25) is 4.79 Å².